The molecule has 0 radical (unpaired) electrons. The van der Waals surface area contributed by atoms with Gasteiger partial charge in [0.1, 0.15) is 11.6 Å². The molecule has 1 nitrogen and oxygen atoms in total. The van der Waals surface area contributed by atoms with Gasteiger partial charge >= 0.3 is 0 Å². The Bertz CT molecular complexity index is 432. The van der Waals surface area contributed by atoms with E-state index in [2.05, 4.69) is 4.98 Å². The minimum atomic E-state index is -0.271. The van der Waals surface area contributed by atoms with Gasteiger partial charge in [0.15, 0.2) is 0 Å². The lowest BCUT2D eigenvalue weighted by atomic mass is 10.2. The van der Waals surface area contributed by atoms with Crippen molar-refractivity contribution < 1.29 is 8.78 Å². The second-order valence-electron chi connectivity index (χ2n) is 3.57. The standard InChI is InChI=1S/C7H8FN.C7H7F.C2H6/c1-2-7-4-3-6(8)5-9-7;1-6-4-2-3-5-7(6)8;1-2/h3-5H,2H2,1H3;2-5H,1H3;1-2H3. The summed E-state index contributed by atoms with van der Waals surface area (Å²) < 4.78 is 24.5. The smallest absolute Gasteiger partial charge is 0.141 e. The summed E-state index contributed by atoms with van der Waals surface area (Å²) in [6.07, 6.45) is 2.10. The Morgan fingerprint density at radius 1 is 1.00 bits per heavy atom. The van der Waals surface area contributed by atoms with E-state index in [4.69, 9.17) is 0 Å². The minimum absolute atomic E-state index is 0.132. The maximum absolute atomic E-state index is 12.3. The van der Waals surface area contributed by atoms with E-state index < -0.39 is 0 Å². The van der Waals surface area contributed by atoms with Crippen molar-refractivity contribution >= 4 is 0 Å². The second-order valence-corrected chi connectivity index (χ2v) is 3.57. The number of hydrogen-bond donors (Lipinski definition) is 0. The van der Waals surface area contributed by atoms with Gasteiger partial charge in [-0.25, -0.2) is 8.78 Å². The first-order valence-electron chi connectivity index (χ1n) is 6.45. The van der Waals surface area contributed by atoms with Crippen LogP contribution in [0.2, 0.25) is 0 Å². The number of hydrogen-bond acceptors (Lipinski definition) is 1. The molecule has 0 bridgehead atoms. The third kappa shape index (κ3) is 7.29. The van der Waals surface area contributed by atoms with Crippen LogP contribution in [0.3, 0.4) is 0 Å². The van der Waals surface area contributed by atoms with Crippen molar-refractivity contribution in [2.24, 2.45) is 0 Å². The van der Waals surface area contributed by atoms with E-state index in [-0.39, 0.29) is 11.6 Å². The number of aromatic nitrogens is 1. The van der Waals surface area contributed by atoms with Crippen LogP contribution in [-0.4, -0.2) is 4.98 Å². The Hall–Kier alpha value is -1.77. The summed E-state index contributed by atoms with van der Waals surface area (Å²) in [5.41, 5.74) is 1.63. The summed E-state index contributed by atoms with van der Waals surface area (Å²) >= 11 is 0. The highest BCUT2D eigenvalue weighted by Gasteiger charge is 1.89. The van der Waals surface area contributed by atoms with E-state index >= 15 is 0 Å². The molecule has 0 fully saturated rings. The van der Waals surface area contributed by atoms with E-state index in [9.17, 15) is 8.78 Å². The summed E-state index contributed by atoms with van der Waals surface area (Å²) in [5.74, 6) is -0.403. The molecule has 104 valence electrons. The number of rotatable bonds is 1. The molecule has 2 aromatic rings. The van der Waals surface area contributed by atoms with Gasteiger partial charge in [-0.05, 0) is 37.1 Å². The molecule has 0 amide bonds. The Balaban J connectivity index is 0.000000303. The molecule has 0 atom stereocenters. The van der Waals surface area contributed by atoms with Gasteiger partial charge in [0, 0.05) is 5.69 Å². The summed E-state index contributed by atoms with van der Waals surface area (Å²) in [5, 5.41) is 0. The highest BCUT2D eigenvalue weighted by atomic mass is 19.1. The number of pyridine rings is 1. The first-order valence-corrected chi connectivity index (χ1v) is 6.45. The van der Waals surface area contributed by atoms with Gasteiger partial charge in [0.25, 0.3) is 0 Å². The fourth-order valence-electron chi connectivity index (χ4n) is 1.17. The van der Waals surface area contributed by atoms with Crippen LogP contribution in [0.15, 0.2) is 42.6 Å². The first-order chi connectivity index (χ1) is 9.13. The number of aryl methyl sites for hydroxylation is 2. The van der Waals surface area contributed by atoms with E-state index in [1.807, 2.05) is 26.8 Å². The predicted molar refractivity (Wildman–Crippen MR) is 76.1 cm³/mol. The van der Waals surface area contributed by atoms with Crippen molar-refractivity contribution in [2.45, 2.75) is 34.1 Å². The molecule has 0 saturated carbocycles. The molecule has 0 saturated heterocycles. The minimum Gasteiger partial charge on any atom is -0.258 e. The molecule has 2 rings (SSSR count). The SMILES string of the molecule is CC.CCc1ccc(F)cn1.Cc1ccccc1F. The van der Waals surface area contributed by atoms with E-state index in [0.29, 0.717) is 5.56 Å². The van der Waals surface area contributed by atoms with E-state index in [0.717, 1.165) is 12.1 Å². The van der Waals surface area contributed by atoms with Gasteiger partial charge in [-0.2, -0.15) is 0 Å². The summed E-state index contributed by atoms with van der Waals surface area (Å²) in [7, 11) is 0. The summed E-state index contributed by atoms with van der Waals surface area (Å²) in [4.78, 5) is 3.82. The van der Waals surface area contributed by atoms with Crippen LogP contribution in [0.4, 0.5) is 8.78 Å². The molecule has 1 aromatic carbocycles. The Labute approximate surface area is 114 Å². The number of halogens is 2. The Morgan fingerprint density at radius 2 is 1.63 bits per heavy atom. The van der Waals surface area contributed by atoms with Crippen LogP contribution in [0.5, 0.6) is 0 Å². The first kappa shape index (κ1) is 17.2. The zero-order chi connectivity index (χ0) is 14.7. The van der Waals surface area contributed by atoms with Gasteiger partial charge in [0.05, 0.1) is 6.20 Å². The van der Waals surface area contributed by atoms with Gasteiger partial charge in [-0.1, -0.05) is 39.0 Å². The molecule has 0 aliphatic rings. The fraction of sp³-hybridized carbons (Fsp3) is 0.312. The van der Waals surface area contributed by atoms with Crippen molar-refractivity contribution in [3.8, 4) is 0 Å². The third-order valence-corrected chi connectivity index (χ3v) is 2.23. The topological polar surface area (TPSA) is 12.9 Å². The summed E-state index contributed by atoms with van der Waals surface area (Å²) in [6.45, 7) is 7.73. The van der Waals surface area contributed by atoms with Crippen molar-refractivity contribution in [3.63, 3.8) is 0 Å². The molecule has 1 heterocycles. The third-order valence-electron chi connectivity index (χ3n) is 2.23. The van der Waals surface area contributed by atoms with E-state index in [1.165, 1.54) is 18.3 Å². The van der Waals surface area contributed by atoms with Gasteiger partial charge < -0.3 is 0 Å². The molecule has 0 N–H and O–H groups in total. The van der Waals surface area contributed by atoms with Crippen molar-refractivity contribution in [2.75, 3.05) is 0 Å². The molecule has 0 aliphatic heterocycles. The van der Waals surface area contributed by atoms with Crippen LogP contribution in [-0.2, 0) is 6.42 Å². The zero-order valence-corrected chi connectivity index (χ0v) is 12.0. The summed E-state index contributed by atoms with van der Waals surface area (Å²) in [6, 6.07) is 9.81. The molecule has 1 aromatic heterocycles. The van der Waals surface area contributed by atoms with Crippen molar-refractivity contribution in [3.05, 3.63) is 65.5 Å². The van der Waals surface area contributed by atoms with Crippen LogP contribution in [0.25, 0.3) is 0 Å². The second kappa shape index (κ2) is 10.2. The van der Waals surface area contributed by atoms with Crippen molar-refractivity contribution in [1.29, 1.82) is 0 Å². The number of nitrogens with zero attached hydrogens (tertiary/aromatic N) is 1. The van der Waals surface area contributed by atoms with Gasteiger partial charge in [-0.3, -0.25) is 4.98 Å². The normalized spacial score (nSPS) is 8.74. The highest BCUT2D eigenvalue weighted by Crippen LogP contribution is 2.02. The van der Waals surface area contributed by atoms with Crippen LogP contribution in [0.1, 0.15) is 32.0 Å². The average molecular weight is 265 g/mol. The number of benzene rings is 1. The molecule has 3 heteroatoms. The molecular formula is C16H21F2N. The lowest BCUT2D eigenvalue weighted by Gasteiger charge is -1.91. The molecule has 0 aliphatic carbocycles. The predicted octanol–water partition coefficient (Wildman–Crippen LogP) is 4.94. The lowest BCUT2D eigenvalue weighted by Crippen LogP contribution is -1.85. The maximum Gasteiger partial charge on any atom is 0.141 e. The lowest BCUT2D eigenvalue weighted by molar-refractivity contribution is 0.618. The Morgan fingerprint density at radius 3 is 2.00 bits per heavy atom. The average Bonchev–Trinajstić information content (AvgIpc) is 2.46. The highest BCUT2D eigenvalue weighted by molar-refractivity contribution is 5.14. The molecule has 0 unspecified atom stereocenters. The van der Waals surface area contributed by atoms with Crippen LogP contribution >= 0.6 is 0 Å². The largest absolute Gasteiger partial charge is 0.258 e. The van der Waals surface area contributed by atoms with Crippen LogP contribution in [0, 0.1) is 18.6 Å². The van der Waals surface area contributed by atoms with Gasteiger partial charge in [0.2, 0.25) is 0 Å². The van der Waals surface area contributed by atoms with Crippen molar-refractivity contribution in [1.82, 2.24) is 4.98 Å². The molecule has 0 spiro atoms. The van der Waals surface area contributed by atoms with E-state index in [1.54, 1.807) is 25.1 Å². The fourth-order valence-corrected chi connectivity index (χ4v) is 1.17. The Kier molecular flexibility index (Phi) is 9.23. The zero-order valence-electron chi connectivity index (χ0n) is 12.0. The molecular weight excluding hydrogens is 244 g/mol. The van der Waals surface area contributed by atoms with Crippen LogP contribution < -0.4 is 0 Å². The monoisotopic (exact) mass is 265 g/mol. The molecule has 19 heavy (non-hydrogen) atoms. The maximum atomic E-state index is 12.3. The van der Waals surface area contributed by atoms with Gasteiger partial charge in [-0.15, -0.1) is 0 Å². The quantitative estimate of drug-likeness (QED) is 0.711.